The van der Waals surface area contributed by atoms with Gasteiger partial charge in [-0.1, -0.05) is 306 Å². The molecule has 76 heavy (non-hydrogen) atoms. The summed E-state index contributed by atoms with van der Waals surface area (Å²) < 4.78 is 16.9. The molecule has 6 heteroatoms. The molecule has 0 radical (unpaired) electrons. The van der Waals surface area contributed by atoms with Crippen LogP contribution < -0.4 is 0 Å². The van der Waals surface area contributed by atoms with E-state index in [1.54, 1.807) is 0 Å². The van der Waals surface area contributed by atoms with Crippen LogP contribution in [0.4, 0.5) is 0 Å². The van der Waals surface area contributed by atoms with Gasteiger partial charge < -0.3 is 14.2 Å². The molecule has 0 N–H and O–H groups in total. The van der Waals surface area contributed by atoms with Crippen LogP contribution in [0.1, 0.15) is 335 Å². The van der Waals surface area contributed by atoms with Crippen molar-refractivity contribution in [2.45, 2.75) is 341 Å². The van der Waals surface area contributed by atoms with E-state index in [1.165, 1.54) is 193 Å². The van der Waals surface area contributed by atoms with Crippen LogP contribution in [0.25, 0.3) is 0 Å². The van der Waals surface area contributed by atoms with E-state index in [0.717, 1.165) is 103 Å². The first kappa shape index (κ1) is 72.8. The quantitative estimate of drug-likeness (QED) is 0.0261. The lowest BCUT2D eigenvalue weighted by molar-refractivity contribution is -0.167. The molecule has 0 rings (SSSR count). The number of esters is 3. The summed E-state index contributed by atoms with van der Waals surface area (Å²) in [5.41, 5.74) is 0. The van der Waals surface area contributed by atoms with Gasteiger partial charge in [0, 0.05) is 19.3 Å². The molecule has 1 unspecified atom stereocenters. The second-order valence-electron chi connectivity index (χ2n) is 22.0. The van der Waals surface area contributed by atoms with Crippen LogP contribution in [0, 0.1) is 0 Å². The van der Waals surface area contributed by atoms with Gasteiger partial charge in [-0.25, -0.2) is 0 Å². The van der Waals surface area contributed by atoms with Crippen molar-refractivity contribution in [2.24, 2.45) is 0 Å². The highest BCUT2D eigenvalue weighted by atomic mass is 16.6. The van der Waals surface area contributed by atoms with E-state index in [4.69, 9.17) is 14.2 Å². The molecule has 0 aromatic carbocycles. The van der Waals surface area contributed by atoms with E-state index in [2.05, 4.69) is 93.7 Å². The van der Waals surface area contributed by atoms with Gasteiger partial charge in [0.1, 0.15) is 13.2 Å². The zero-order valence-corrected chi connectivity index (χ0v) is 50.5. The fourth-order valence-electron chi connectivity index (χ4n) is 9.51. The fraction of sp³-hybridized carbons (Fsp3) is 0.786. The second kappa shape index (κ2) is 64.4. The Morgan fingerprint density at radius 1 is 0.276 bits per heavy atom. The largest absolute Gasteiger partial charge is 0.462 e. The van der Waals surface area contributed by atoms with Gasteiger partial charge in [-0.3, -0.25) is 14.4 Å². The molecule has 0 amide bonds. The number of hydrogen-bond acceptors (Lipinski definition) is 6. The lowest BCUT2D eigenvalue weighted by Crippen LogP contribution is -2.30. The van der Waals surface area contributed by atoms with E-state index >= 15 is 0 Å². The number of ether oxygens (including phenoxy) is 3. The zero-order chi connectivity index (χ0) is 55.0. The Morgan fingerprint density at radius 2 is 0.526 bits per heavy atom. The average molecular weight is 1060 g/mol. The Labute approximate surface area is 472 Å². The maximum absolute atomic E-state index is 12.9. The maximum Gasteiger partial charge on any atom is 0.306 e. The van der Waals surface area contributed by atoms with Crippen LogP contribution >= 0.6 is 0 Å². The van der Waals surface area contributed by atoms with Crippen LogP contribution in [0.3, 0.4) is 0 Å². The Morgan fingerprint density at radius 3 is 0.842 bits per heavy atom. The molecule has 440 valence electrons. The highest BCUT2D eigenvalue weighted by Gasteiger charge is 2.19. The van der Waals surface area contributed by atoms with Crippen molar-refractivity contribution in [3.63, 3.8) is 0 Å². The molecule has 6 nitrogen and oxygen atoms in total. The molecule has 0 saturated carbocycles. The summed E-state index contributed by atoms with van der Waals surface area (Å²) in [5.74, 6) is -0.879. The van der Waals surface area contributed by atoms with Crippen molar-refractivity contribution in [3.05, 3.63) is 72.9 Å². The van der Waals surface area contributed by atoms with Crippen LogP contribution in [-0.2, 0) is 28.6 Å². The minimum absolute atomic E-state index is 0.0792. The van der Waals surface area contributed by atoms with E-state index in [-0.39, 0.29) is 31.1 Å². The number of unbranched alkanes of at least 4 members (excludes halogenated alkanes) is 37. The number of allylic oxidation sites excluding steroid dienone is 12. The van der Waals surface area contributed by atoms with Gasteiger partial charge in [0.15, 0.2) is 6.10 Å². The van der Waals surface area contributed by atoms with Crippen molar-refractivity contribution in [1.82, 2.24) is 0 Å². The first-order valence-electron chi connectivity index (χ1n) is 32.9. The Bertz CT molecular complexity index is 1400. The summed E-state index contributed by atoms with van der Waals surface area (Å²) >= 11 is 0. The third-order valence-electron chi connectivity index (χ3n) is 14.4. The van der Waals surface area contributed by atoms with E-state index in [9.17, 15) is 14.4 Å². The highest BCUT2D eigenvalue weighted by molar-refractivity contribution is 5.71. The van der Waals surface area contributed by atoms with Crippen molar-refractivity contribution < 1.29 is 28.6 Å². The lowest BCUT2D eigenvalue weighted by Gasteiger charge is -2.18. The number of hydrogen-bond donors (Lipinski definition) is 0. The minimum atomic E-state index is -0.782. The summed E-state index contributed by atoms with van der Waals surface area (Å²) in [6.07, 6.45) is 83.4. The fourth-order valence-corrected chi connectivity index (χ4v) is 9.51. The third kappa shape index (κ3) is 61.7. The summed E-state index contributed by atoms with van der Waals surface area (Å²) in [6.45, 7) is 6.52. The van der Waals surface area contributed by atoms with Gasteiger partial charge in [0.05, 0.1) is 0 Å². The van der Waals surface area contributed by atoms with Crippen molar-refractivity contribution >= 4 is 17.9 Å². The minimum Gasteiger partial charge on any atom is -0.462 e. The van der Waals surface area contributed by atoms with Crippen LogP contribution in [0.15, 0.2) is 72.9 Å². The summed E-state index contributed by atoms with van der Waals surface area (Å²) in [4.78, 5) is 38.4. The van der Waals surface area contributed by atoms with E-state index in [0.29, 0.717) is 19.3 Å². The van der Waals surface area contributed by atoms with Crippen molar-refractivity contribution in [2.75, 3.05) is 13.2 Å². The topological polar surface area (TPSA) is 78.9 Å². The first-order chi connectivity index (χ1) is 37.5. The van der Waals surface area contributed by atoms with Crippen molar-refractivity contribution in [1.29, 1.82) is 0 Å². The zero-order valence-electron chi connectivity index (χ0n) is 50.5. The first-order valence-corrected chi connectivity index (χ1v) is 32.9. The lowest BCUT2D eigenvalue weighted by atomic mass is 10.0. The maximum atomic E-state index is 12.9. The normalized spacial score (nSPS) is 12.5. The summed E-state index contributed by atoms with van der Waals surface area (Å²) in [6, 6.07) is 0. The predicted molar refractivity (Wildman–Crippen MR) is 330 cm³/mol. The molecule has 0 fully saturated rings. The molecule has 0 spiro atoms. The van der Waals surface area contributed by atoms with Gasteiger partial charge in [0.25, 0.3) is 0 Å². The standard InChI is InChI=1S/C70H124O6/c1-4-7-10-13-16-19-22-25-28-30-32-34-35-37-38-40-42-45-48-51-54-57-60-63-69(72)75-66-67(65-74-68(71)62-59-56-53-50-47-44-27-24-21-18-15-12-9-6-3)76-70(73)64-61-58-55-52-49-46-43-41-39-36-33-31-29-26-23-20-17-14-11-8-5-2/h7,10,15-16,18-19,24-25,27-28,32,34,67H,4-6,8-9,11-14,17,20-23,26,29-31,33,35-66H2,1-3H3/b10-7-,18-15-,19-16-,27-24-,28-25-,34-32-. The van der Waals surface area contributed by atoms with Crippen molar-refractivity contribution in [3.8, 4) is 0 Å². The van der Waals surface area contributed by atoms with E-state index < -0.39 is 6.10 Å². The molecule has 0 aromatic rings. The molecule has 0 saturated heterocycles. The van der Waals surface area contributed by atoms with Gasteiger partial charge >= 0.3 is 17.9 Å². The number of rotatable bonds is 60. The van der Waals surface area contributed by atoms with Crippen LogP contribution in [0.2, 0.25) is 0 Å². The molecule has 0 heterocycles. The van der Waals surface area contributed by atoms with E-state index in [1.807, 2.05) is 0 Å². The molecule has 0 bridgehead atoms. The smallest absolute Gasteiger partial charge is 0.306 e. The molecular formula is C70H124O6. The van der Waals surface area contributed by atoms with Gasteiger partial charge in [-0.15, -0.1) is 0 Å². The second-order valence-corrected chi connectivity index (χ2v) is 22.0. The highest BCUT2D eigenvalue weighted by Crippen LogP contribution is 2.17. The number of carbonyl (C=O) groups is 3. The molecule has 1 atom stereocenters. The summed E-state index contributed by atoms with van der Waals surface area (Å²) in [7, 11) is 0. The molecule has 0 aromatic heterocycles. The van der Waals surface area contributed by atoms with Crippen LogP contribution in [-0.4, -0.2) is 37.2 Å². The van der Waals surface area contributed by atoms with Gasteiger partial charge in [0.2, 0.25) is 0 Å². The number of carbonyl (C=O) groups excluding carboxylic acids is 3. The Kier molecular flexibility index (Phi) is 61.7. The Hall–Kier alpha value is -3.15. The third-order valence-corrected chi connectivity index (χ3v) is 14.4. The molecule has 0 aliphatic rings. The molecule has 0 aliphatic heterocycles. The predicted octanol–water partition coefficient (Wildman–Crippen LogP) is 22.5. The average Bonchev–Trinajstić information content (AvgIpc) is 3.42. The molecular weight excluding hydrogens is 937 g/mol. The molecule has 0 aliphatic carbocycles. The SMILES string of the molecule is CC/C=C\C/C=C\C/C=C\C/C=C\CCCCCCCCCCCCC(=O)OCC(COC(=O)CCCCCCC/C=C\C/C=C\CCCC)OC(=O)CCCCCCCCCCCCCCCCCCCCCCC. The van der Waals surface area contributed by atoms with Gasteiger partial charge in [-0.2, -0.15) is 0 Å². The van der Waals surface area contributed by atoms with Crippen LogP contribution in [0.5, 0.6) is 0 Å². The summed E-state index contributed by atoms with van der Waals surface area (Å²) in [5, 5.41) is 0. The Balaban J connectivity index is 4.32. The van der Waals surface area contributed by atoms with Gasteiger partial charge in [-0.05, 0) is 83.5 Å². The monoisotopic (exact) mass is 1060 g/mol.